The summed E-state index contributed by atoms with van der Waals surface area (Å²) >= 11 is 0. The van der Waals surface area contributed by atoms with Crippen LogP contribution in [0.5, 0.6) is 0 Å². The molecule has 0 aromatic rings. The van der Waals surface area contributed by atoms with Gasteiger partial charge in [0.05, 0.1) is 13.7 Å². The number of methoxy groups -OCH3 is 1. The predicted octanol–water partition coefficient (Wildman–Crippen LogP) is -0.649. The molecule has 6 heteroatoms. The maximum Gasteiger partial charge on any atom is 0.305 e. The minimum Gasteiger partial charge on any atom is -0.469 e. The third-order valence-electron chi connectivity index (χ3n) is 2.91. The van der Waals surface area contributed by atoms with E-state index >= 15 is 0 Å². The summed E-state index contributed by atoms with van der Waals surface area (Å²) in [6.45, 7) is 4.81. The van der Waals surface area contributed by atoms with Crippen molar-refractivity contribution in [3.8, 4) is 0 Å². The van der Waals surface area contributed by atoms with Gasteiger partial charge in [-0.15, -0.1) is 0 Å². The van der Waals surface area contributed by atoms with Gasteiger partial charge < -0.3 is 15.4 Å². The number of nitrogens with one attached hydrogen (secondary N) is 2. The first-order valence-electron chi connectivity index (χ1n) is 6.49. The molecule has 1 heterocycles. The van der Waals surface area contributed by atoms with Crippen LogP contribution in [-0.4, -0.2) is 63.2 Å². The van der Waals surface area contributed by atoms with Crippen LogP contribution in [0.25, 0.3) is 0 Å². The largest absolute Gasteiger partial charge is 0.469 e. The summed E-state index contributed by atoms with van der Waals surface area (Å²) in [5, 5.41) is 6.12. The summed E-state index contributed by atoms with van der Waals surface area (Å²) in [5.74, 6) is -0.204. The number of esters is 1. The maximum absolute atomic E-state index is 11.6. The van der Waals surface area contributed by atoms with Crippen LogP contribution in [-0.2, 0) is 14.3 Å². The smallest absolute Gasteiger partial charge is 0.305 e. The van der Waals surface area contributed by atoms with Crippen molar-refractivity contribution in [2.75, 3.05) is 46.4 Å². The van der Waals surface area contributed by atoms with Gasteiger partial charge in [-0.1, -0.05) is 0 Å². The molecule has 0 unspecified atom stereocenters. The first-order valence-corrected chi connectivity index (χ1v) is 6.49. The van der Waals surface area contributed by atoms with Crippen LogP contribution >= 0.6 is 0 Å². The zero-order valence-corrected chi connectivity index (χ0v) is 11.0. The second kappa shape index (κ2) is 8.88. The molecule has 1 aliphatic heterocycles. The molecule has 6 nitrogen and oxygen atoms in total. The molecule has 104 valence electrons. The Morgan fingerprint density at radius 1 is 1.33 bits per heavy atom. The fourth-order valence-corrected chi connectivity index (χ4v) is 1.88. The summed E-state index contributed by atoms with van der Waals surface area (Å²) in [6.07, 6.45) is 2.06. The van der Waals surface area contributed by atoms with Crippen molar-refractivity contribution in [1.29, 1.82) is 0 Å². The van der Waals surface area contributed by atoms with E-state index in [2.05, 4.69) is 20.3 Å². The second-order valence-electron chi connectivity index (χ2n) is 4.41. The van der Waals surface area contributed by atoms with Crippen molar-refractivity contribution < 1.29 is 14.3 Å². The summed E-state index contributed by atoms with van der Waals surface area (Å²) in [5.41, 5.74) is 0. The van der Waals surface area contributed by atoms with Gasteiger partial charge in [0.25, 0.3) is 0 Å². The Labute approximate surface area is 108 Å². The topological polar surface area (TPSA) is 70.7 Å². The van der Waals surface area contributed by atoms with Gasteiger partial charge in [0.2, 0.25) is 5.91 Å². The summed E-state index contributed by atoms with van der Waals surface area (Å²) in [6, 6.07) is 0. The second-order valence-corrected chi connectivity index (χ2v) is 4.41. The Kier molecular flexibility index (Phi) is 7.36. The van der Waals surface area contributed by atoms with E-state index in [1.807, 2.05) is 0 Å². The summed E-state index contributed by atoms with van der Waals surface area (Å²) < 4.78 is 4.53. The van der Waals surface area contributed by atoms with E-state index in [0.29, 0.717) is 25.9 Å². The number of hydrogen-bond donors (Lipinski definition) is 2. The molecule has 0 aromatic heterocycles. The molecule has 18 heavy (non-hydrogen) atoms. The Morgan fingerprint density at radius 2 is 2.17 bits per heavy atom. The Hall–Kier alpha value is -1.14. The highest BCUT2D eigenvalue weighted by Crippen LogP contribution is 1.95. The van der Waals surface area contributed by atoms with Gasteiger partial charge in [-0.2, -0.15) is 0 Å². The highest BCUT2D eigenvalue weighted by atomic mass is 16.5. The third-order valence-corrected chi connectivity index (χ3v) is 2.91. The number of nitrogens with zero attached hydrogens (tertiary/aromatic N) is 1. The third kappa shape index (κ3) is 6.56. The molecular weight excluding hydrogens is 234 g/mol. The molecule has 0 aliphatic carbocycles. The van der Waals surface area contributed by atoms with Crippen molar-refractivity contribution in [2.24, 2.45) is 0 Å². The Morgan fingerprint density at radius 3 is 2.94 bits per heavy atom. The SMILES string of the molecule is COC(=O)CCCNC(=O)CN1CCCNCC1. The average molecular weight is 257 g/mol. The molecular formula is C12H23N3O3. The molecule has 0 saturated carbocycles. The van der Waals surface area contributed by atoms with Crippen molar-refractivity contribution >= 4 is 11.9 Å². The van der Waals surface area contributed by atoms with Crippen molar-refractivity contribution in [3.63, 3.8) is 0 Å². The van der Waals surface area contributed by atoms with Gasteiger partial charge in [0.15, 0.2) is 0 Å². The van der Waals surface area contributed by atoms with Crippen LogP contribution in [0.3, 0.4) is 0 Å². The number of hydrogen-bond acceptors (Lipinski definition) is 5. The lowest BCUT2D eigenvalue weighted by Gasteiger charge is -2.18. The Balaban J connectivity index is 2.07. The molecule has 0 bridgehead atoms. The monoisotopic (exact) mass is 257 g/mol. The fourth-order valence-electron chi connectivity index (χ4n) is 1.88. The van der Waals surface area contributed by atoms with E-state index in [-0.39, 0.29) is 11.9 Å². The average Bonchev–Trinajstić information content (AvgIpc) is 2.63. The van der Waals surface area contributed by atoms with Crippen LogP contribution in [0.1, 0.15) is 19.3 Å². The number of carbonyl (C=O) groups is 2. The van der Waals surface area contributed by atoms with Gasteiger partial charge in [0, 0.05) is 26.1 Å². The van der Waals surface area contributed by atoms with Gasteiger partial charge in [-0.3, -0.25) is 14.5 Å². The maximum atomic E-state index is 11.6. The summed E-state index contributed by atoms with van der Waals surface area (Å²) in [4.78, 5) is 24.7. The Bertz CT molecular complexity index is 263. The lowest BCUT2D eigenvalue weighted by Crippen LogP contribution is -2.39. The van der Waals surface area contributed by atoms with E-state index in [9.17, 15) is 9.59 Å². The van der Waals surface area contributed by atoms with Crippen LogP contribution in [0, 0.1) is 0 Å². The van der Waals surface area contributed by atoms with Crippen LogP contribution in [0.4, 0.5) is 0 Å². The lowest BCUT2D eigenvalue weighted by atomic mass is 10.3. The molecule has 0 spiro atoms. The van der Waals surface area contributed by atoms with Crippen molar-refractivity contribution in [3.05, 3.63) is 0 Å². The quantitative estimate of drug-likeness (QED) is 0.489. The van der Waals surface area contributed by atoms with Gasteiger partial charge in [-0.05, 0) is 25.9 Å². The van der Waals surface area contributed by atoms with E-state index < -0.39 is 0 Å². The van der Waals surface area contributed by atoms with Gasteiger partial charge in [0.1, 0.15) is 0 Å². The minimum atomic E-state index is -0.233. The first-order chi connectivity index (χ1) is 8.72. The molecule has 1 rings (SSSR count). The molecule has 0 atom stereocenters. The van der Waals surface area contributed by atoms with Gasteiger partial charge >= 0.3 is 5.97 Å². The van der Waals surface area contributed by atoms with Crippen LogP contribution in [0.2, 0.25) is 0 Å². The van der Waals surface area contributed by atoms with Gasteiger partial charge in [-0.25, -0.2) is 0 Å². The lowest BCUT2D eigenvalue weighted by molar-refractivity contribution is -0.140. The molecule has 1 amide bonds. The van der Waals surface area contributed by atoms with Crippen molar-refractivity contribution in [1.82, 2.24) is 15.5 Å². The van der Waals surface area contributed by atoms with Crippen molar-refractivity contribution in [2.45, 2.75) is 19.3 Å². The summed E-state index contributed by atoms with van der Waals surface area (Å²) in [7, 11) is 1.37. The number of carbonyl (C=O) groups excluding carboxylic acids is 2. The fraction of sp³-hybridized carbons (Fsp3) is 0.833. The van der Waals surface area contributed by atoms with Crippen LogP contribution in [0.15, 0.2) is 0 Å². The highest BCUT2D eigenvalue weighted by molar-refractivity contribution is 5.78. The standard InChI is InChI=1S/C12H23N3O3/c1-18-12(17)4-2-6-14-11(16)10-15-8-3-5-13-7-9-15/h13H,2-10H2,1H3,(H,14,16). The van der Waals surface area contributed by atoms with E-state index in [0.717, 1.165) is 32.6 Å². The normalized spacial score (nSPS) is 16.9. The number of rotatable bonds is 6. The first kappa shape index (κ1) is 14.9. The minimum absolute atomic E-state index is 0.0294. The van der Waals surface area contributed by atoms with E-state index in [1.165, 1.54) is 7.11 Å². The number of amides is 1. The molecule has 0 aromatic carbocycles. The van der Waals surface area contributed by atoms with Crippen LogP contribution < -0.4 is 10.6 Å². The molecule has 0 radical (unpaired) electrons. The predicted molar refractivity (Wildman–Crippen MR) is 68.2 cm³/mol. The van der Waals surface area contributed by atoms with E-state index in [1.54, 1.807) is 0 Å². The molecule has 1 aliphatic rings. The highest BCUT2D eigenvalue weighted by Gasteiger charge is 2.12. The number of ether oxygens (including phenoxy) is 1. The zero-order chi connectivity index (χ0) is 13.2. The molecule has 2 N–H and O–H groups in total. The molecule has 1 fully saturated rings. The van der Waals surface area contributed by atoms with E-state index in [4.69, 9.17) is 0 Å². The zero-order valence-electron chi connectivity index (χ0n) is 11.0. The molecule has 1 saturated heterocycles.